The number of fused-ring (bicyclic) bond motifs is 1. The SMILES string of the molecule is CC(C)(C)c1nc(-c2c[nH]c3ncc(Cl)cc23)nc(C[C@H]2CCCC[C@@H]2C(=O)O)c1F. The molecule has 1 aliphatic carbocycles. The highest BCUT2D eigenvalue weighted by Gasteiger charge is 2.33. The number of carboxylic acids is 1. The van der Waals surface area contributed by atoms with E-state index >= 15 is 4.39 Å². The van der Waals surface area contributed by atoms with Gasteiger partial charge in [0.05, 0.1) is 22.3 Å². The fourth-order valence-corrected chi connectivity index (χ4v) is 4.59. The summed E-state index contributed by atoms with van der Waals surface area (Å²) in [6.07, 6.45) is 6.80. The van der Waals surface area contributed by atoms with Crippen molar-refractivity contribution < 1.29 is 14.3 Å². The molecule has 3 heterocycles. The van der Waals surface area contributed by atoms with E-state index in [2.05, 4.69) is 19.9 Å². The fraction of sp³-hybridized carbons (Fsp3) is 0.478. The summed E-state index contributed by atoms with van der Waals surface area (Å²) in [5.74, 6) is -1.48. The zero-order valence-corrected chi connectivity index (χ0v) is 18.6. The van der Waals surface area contributed by atoms with Crippen molar-refractivity contribution in [1.29, 1.82) is 0 Å². The molecule has 1 fully saturated rings. The number of halogens is 2. The molecule has 0 aliphatic heterocycles. The molecule has 0 unspecified atom stereocenters. The number of pyridine rings is 1. The van der Waals surface area contributed by atoms with Crippen LogP contribution in [-0.2, 0) is 16.6 Å². The molecule has 2 atom stereocenters. The molecule has 164 valence electrons. The number of hydrogen-bond donors (Lipinski definition) is 2. The molecule has 2 N–H and O–H groups in total. The Labute approximate surface area is 185 Å². The minimum atomic E-state index is -0.812. The highest BCUT2D eigenvalue weighted by molar-refractivity contribution is 6.31. The van der Waals surface area contributed by atoms with Crippen LogP contribution in [0.4, 0.5) is 4.39 Å². The number of aliphatic carboxylic acids is 1. The van der Waals surface area contributed by atoms with Gasteiger partial charge in [-0.1, -0.05) is 45.2 Å². The molecule has 1 saturated carbocycles. The maximum Gasteiger partial charge on any atom is 0.306 e. The van der Waals surface area contributed by atoms with E-state index in [0.717, 1.165) is 24.6 Å². The topological polar surface area (TPSA) is 91.8 Å². The van der Waals surface area contributed by atoms with E-state index in [1.807, 2.05) is 20.8 Å². The molecule has 0 spiro atoms. The highest BCUT2D eigenvalue weighted by Crippen LogP contribution is 2.36. The fourth-order valence-electron chi connectivity index (χ4n) is 4.43. The van der Waals surface area contributed by atoms with Gasteiger partial charge < -0.3 is 10.1 Å². The summed E-state index contributed by atoms with van der Waals surface area (Å²) in [5.41, 5.74) is 1.38. The average Bonchev–Trinajstić information content (AvgIpc) is 3.12. The Morgan fingerprint density at radius 3 is 2.74 bits per heavy atom. The lowest BCUT2D eigenvalue weighted by molar-refractivity contribution is -0.144. The molecule has 0 saturated heterocycles. The van der Waals surface area contributed by atoms with Crippen LogP contribution in [-0.4, -0.2) is 31.0 Å². The van der Waals surface area contributed by atoms with Gasteiger partial charge in [0.1, 0.15) is 5.65 Å². The van der Waals surface area contributed by atoms with Gasteiger partial charge in [-0.3, -0.25) is 4.79 Å². The third-order valence-electron chi connectivity index (χ3n) is 6.05. The molecule has 0 amide bonds. The van der Waals surface area contributed by atoms with Crippen LogP contribution in [0.5, 0.6) is 0 Å². The number of H-pyrrole nitrogens is 1. The molecule has 0 bridgehead atoms. The van der Waals surface area contributed by atoms with Crippen molar-refractivity contribution in [2.75, 3.05) is 0 Å². The normalized spacial score (nSPS) is 19.6. The van der Waals surface area contributed by atoms with Crippen molar-refractivity contribution in [2.24, 2.45) is 11.8 Å². The maximum atomic E-state index is 15.5. The zero-order valence-electron chi connectivity index (χ0n) is 17.9. The van der Waals surface area contributed by atoms with Gasteiger partial charge in [-0.15, -0.1) is 0 Å². The lowest BCUT2D eigenvalue weighted by Crippen LogP contribution is -2.29. The van der Waals surface area contributed by atoms with E-state index in [9.17, 15) is 9.90 Å². The van der Waals surface area contributed by atoms with E-state index in [-0.39, 0.29) is 18.0 Å². The number of nitrogens with one attached hydrogen (secondary N) is 1. The molecule has 3 aromatic rings. The van der Waals surface area contributed by atoms with Crippen LogP contribution in [0.3, 0.4) is 0 Å². The monoisotopic (exact) mass is 444 g/mol. The third kappa shape index (κ3) is 4.28. The Hall–Kier alpha value is -2.54. The first-order chi connectivity index (χ1) is 14.6. The third-order valence-corrected chi connectivity index (χ3v) is 6.26. The summed E-state index contributed by atoms with van der Waals surface area (Å²) in [6, 6.07) is 1.78. The zero-order chi connectivity index (χ0) is 22.3. The van der Waals surface area contributed by atoms with E-state index in [0.29, 0.717) is 34.2 Å². The van der Waals surface area contributed by atoms with Crippen LogP contribution in [0, 0.1) is 17.7 Å². The van der Waals surface area contributed by atoms with Crippen LogP contribution < -0.4 is 0 Å². The Bertz CT molecular complexity index is 1140. The standard InChI is InChI=1S/C23H26ClFN4O2/c1-23(2,3)19-18(25)17(8-12-6-4-5-7-14(12)22(30)31)28-21(29-19)16-11-27-20-15(16)9-13(24)10-26-20/h9-12,14H,4-8H2,1-3H3,(H,26,27)(H,30,31)/t12-,14+/m1/s1. The van der Waals surface area contributed by atoms with E-state index < -0.39 is 23.1 Å². The van der Waals surface area contributed by atoms with Gasteiger partial charge in [0.25, 0.3) is 0 Å². The largest absolute Gasteiger partial charge is 0.481 e. The van der Waals surface area contributed by atoms with Crippen LogP contribution in [0.2, 0.25) is 5.02 Å². The van der Waals surface area contributed by atoms with E-state index in [4.69, 9.17) is 11.6 Å². The summed E-state index contributed by atoms with van der Waals surface area (Å²) in [6.45, 7) is 5.71. The first-order valence-electron chi connectivity index (χ1n) is 10.6. The Balaban J connectivity index is 1.83. The predicted molar refractivity (Wildman–Crippen MR) is 118 cm³/mol. The first-order valence-corrected chi connectivity index (χ1v) is 11.0. The first kappa shape index (κ1) is 21.7. The Morgan fingerprint density at radius 2 is 2.03 bits per heavy atom. The van der Waals surface area contributed by atoms with Crippen molar-refractivity contribution in [3.05, 3.63) is 40.7 Å². The van der Waals surface area contributed by atoms with Gasteiger partial charge in [0.2, 0.25) is 0 Å². The predicted octanol–water partition coefficient (Wildman–Crippen LogP) is 5.54. The molecule has 8 heteroatoms. The van der Waals surface area contributed by atoms with Crippen molar-refractivity contribution in [1.82, 2.24) is 19.9 Å². The van der Waals surface area contributed by atoms with Crippen LogP contribution in [0.15, 0.2) is 18.5 Å². The maximum absolute atomic E-state index is 15.5. The van der Waals surface area contributed by atoms with Gasteiger partial charge in [-0.25, -0.2) is 19.3 Å². The van der Waals surface area contributed by atoms with Crippen molar-refractivity contribution >= 4 is 28.6 Å². The summed E-state index contributed by atoms with van der Waals surface area (Å²) in [7, 11) is 0. The summed E-state index contributed by atoms with van der Waals surface area (Å²) >= 11 is 6.14. The van der Waals surface area contributed by atoms with Crippen molar-refractivity contribution in [3.8, 4) is 11.4 Å². The summed E-state index contributed by atoms with van der Waals surface area (Å²) < 4.78 is 15.5. The Kier molecular flexibility index (Phi) is 5.73. The van der Waals surface area contributed by atoms with Gasteiger partial charge >= 0.3 is 5.97 Å². The molecular formula is C23H26ClFN4O2. The molecule has 4 rings (SSSR count). The minimum Gasteiger partial charge on any atom is -0.481 e. The van der Waals surface area contributed by atoms with Crippen molar-refractivity contribution in [3.63, 3.8) is 0 Å². The lowest BCUT2D eigenvalue weighted by atomic mass is 9.76. The van der Waals surface area contributed by atoms with Crippen LogP contribution in [0.1, 0.15) is 57.8 Å². The average molecular weight is 445 g/mol. The number of nitrogens with zero attached hydrogens (tertiary/aromatic N) is 3. The van der Waals surface area contributed by atoms with Crippen LogP contribution in [0.25, 0.3) is 22.4 Å². The Morgan fingerprint density at radius 1 is 1.29 bits per heavy atom. The van der Waals surface area contributed by atoms with Crippen LogP contribution >= 0.6 is 11.6 Å². The number of carboxylic acid groups (broad SMARTS) is 1. The molecule has 3 aromatic heterocycles. The lowest BCUT2D eigenvalue weighted by Gasteiger charge is -2.29. The van der Waals surface area contributed by atoms with E-state index in [1.165, 1.54) is 0 Å². The molecule has 0 radical (unpaired) electrons. The second-order valence-corrected chi connectivity index (χ2v) is 9.79. The molecule has 6 nitrogen and oxygen atoms in total. The molecule has 31 heavy (non-hydrogen) atoms. The summed E-state index contributed by atoms with van der Waals surface area (Å²) in [5, 5.41) is 10.9. The number of aromatic nitrogens is 4. The number of hydrogen-bond acceptors (Lipinski definition) is 4. The molecule has 1 aliphatic rings. The second kappa shape index (κ2) is 8.19. The summed E-state index contributed by atoms with van der Waals surface area (Å²) in [4.78, 5) is 28.3. The van der Waals surface area contributed by atoms with E-state index in [1.54, 1.807) is 18.5 Å². The van der Waals surface area contributed by atoms with Gasteiger partial charge in [0.15, 0.2) is 11.6 Å². The van der Waals surface area contributed by atoms with Gasteiger partial charge in [-0.2, -0.15) is 0 Å². The molecule has 0 aromatic carbocycles. The molecular weight excluding hydrogens is 419 g/mol. The van der Waals surface area contributed by atoms with Gasteiger partial charge in [-0.05, 0) is 31.2 Å². The quantitative estimate of drug-likeness (QED) is 0.550. The second-order valence-electron chi connectivity index (χ2n) is 9.35. The number of carbonyl (C=O) groups is 1. The van der Waals surface area contributed by atoms with Crippen molar-refractivity contribution in [2.45, 2.75) is 58.3 Å². The smallest absolute Gasteiger partial charge is 0.306 e. The minimum absolute atomic E-state index is 0.143. The highest BCUT2D eigenvalue weighted by atomic mass is 35.5. The number of rotatable bonds is 4. The van der Waals surface area contributed by atoms with Gasteiger partial charge in [0, 0.05) is 28.8 Å². The number of aromatic amines is 1.